The van der Waals surface area contributed by atoms with Gasteiger partial charge in [-0.3, -0.25) is 9.78 Å². The first-order valence-corrected chi connectivity index (χ1v) is 7.51. The van der Waals surface area contributed by atoms with Gasteiger partial charge in [-0.25, -0.2) is 0 Å². The predicted molar refractivity (Wildman–Crippen MR) is 88.1 cm³/mol. The van der Waals surface area contributed by atoms with E-state index in [-0.39, 0.29) is 17.9 Å². The Morgan fingerprint density at radius 3 is 2.50 bits per heavy atom. The average molecular weight is 298 g/mol. The van der Waals surface area contributed by atoms with Crippen molar-refractivity contribution in [2.75, 3.05) is 5.32 Å². The van der Waals surface area contributed by atoms with Gasteiger partial charge in [0.2, 0.25) is 5.91 Å². The first-order valence-electron chi connectivity index (χ1n) is 7.51. The molecule has 2 aromatic rings. The molecule has 1 heterocycles. The highest BCUT2D eigenvalue weighted by molar-refractivity contribution is 5.91. The molecule has 1 atom stereocenters. The summed E-state index contributed by atoms with van der Waals surface area (Å²) in [6, 6.07) is 11.3. The Kier molecular flexibility index (Phi) is 5.53. The minimum atomic E-state index is -0.00567. The summed E-state index contributed by atoms with van der Waals surface area (Å²) in [5, 5.41) is 2.91. The number of pyridine rings is 1. The summed E-state index contributed by atoms with van der Waals surface area (Å²) in [5.41, 5.74) is 1.85. The Labute approximate surface area is 131 Å². The lowest BCUT2D eigenvalue weighted by molar-refractivity contribution is -0.116. The van der Waals surface area contributed by atoms with Crippen molar-refractivity contribution in [2.45, 2.75) is 39.2 Å². The molecule has 0 radical (unpaired) electrons. The predicted octanol–water partition coefficient (Wildman–Crippen LogP) is 4.00. The molecule has 0 aliphatic heterocycles. The summed E-state index contributed by atoms with van der Waals surface area (Å²) < 4.78 is 5.58. The molecule has 116 valence electrons. The largest absolute Gasteiger partial charge is 0.491 e. The Hall–Kier alpha value is -2.36. The van der Waals surface area contributed by atoms with Crippen LogP contribution in [0.5, 0.6) is 5.75 Å². The Balaban J connectivity index is 1.89. The maximum Gasteiger partial charge on any atom is 0.224 e. The van der Waals surface area contributed by atoms with Crippen molar-refractivity contribution < 1.29 is 9.53 Å². The summed E-state index contributed by atoms with van der Waals surface area (Å²) >= 11 is 0. The van der Waals surface area contributed by atoms with Gasteiger partial charge in [-0.15, -0.1) is 0 Å². The number of aromatic nitrogens is 1. The van der Waals surface area contributed by atoms with Crippen molar-refractivity contribution >= 4 is 11.6 Å². The van der Waals surface area contributed by atoms with Crippen LogP contribution in [-0.4, -0.2) is 17.0 Å². The standard InChI is InChI=1S/C18H22N2O2/c1-13(2)22-17-8-6-16(7-9-17)20-18(21)11-14(3)15-5-4-10-19-12-15/h4-10,12-14H,11H2,1-3H3,(H,20,21). The number of carbonyl (C=O) groups is 1. The molecule has 4 heteroatoms. The van der Waals surface area contributed by atoms with Crippen molar-refractivity contribution in [3.8, 4) is 5.75 Å². The minimum Gasteiger partial charge on any atom is -0.491 e. The molecule has 1 aromatic heterocycles. The number of hydrogen-bond donors (Lipinski definition) is 1. The highest BCUT2D eigenvalue weighted by Crippen LogP contribution is 2.20. The second kappa shape index (κ2) is 7.59. The molecule has 1 N–H and O–H groups in total. The van der Waals surface area contributed by atoms with Crippen LogP contribution in [0, 0.1) is 0 Å². The quantitative estimate of drug-likeness (QED) is 0.877. The zero-order chi connectivity index (χ0) is 15.9. The molecule has 2 rings (SSSR count). The van der Waals surface area contributed by atoms with Crippen LogP contribution in [0.4, 0.5) is 5.69 Å². The van der Waals surface area contributed by atoms with E-state index in [1.54, 1.807) is 12.4 Å². The summed E-state index contributed by atoms with van der Waals surface area (Å²) in [4.78, 5) is 16.2. The van der Waals surface area contributed by atoms with Crippen LogP contribution in [0.15, 0.2) is 48.8 Å². The number of nitrogens with one attached hydrogen (secondary N) is 1. The van der Waals surface area contributed by atoms with Crippen molar-refractivity contribution in [1.82, 2.24) is 4.98 Å². The highest BCUT2D eigenvalue weighted by Gasteiger charge is 2.11. The fraction of sp³-hybridized carbons (Fsp3) is 0.333. The van der Waals surface area contributed by atoms with Crippen LogP contribution in [0.3, 0.4) is 0 Å². The lowest BCUT2D eigenvalue weighted by Crippen LogP contribution is -2.14. The van der Waals surface area contributed by atoms with Crippen molar-refractivity contribution in [3.05, 3.63) is 54.4 Å². The van der Waals surface area contributed by atoms with E-state index in [1.165, 1.54) is 0 Å². The topological polar surface area (TPSA) is 51.2 Å². The molecular formula is C18H22N2O2. The van der Waals surface area contributed by atoms with Crippen molar-refractivity contribution in [3.63, 3.8) is 0 Å². The summed E-state index contributed by atoms with van der Waals surface area (Å²) in [5.74, 6) is 0.933. The van der Waals surface area contributed by atoms with E-state index in [2.05, 4.69) is 10.3 Å². The Morgan fingerprint density at radius 2 is 1.91 bits per heavy atom. The van der Waals surface area contributed by atoms with Gasteiger partial charge in [0.1, 0.15) is 5.75 Å². The first-order chi connectivity index (χ1) is 10.5. The first kappa shape index (κ1) is 16.0. The number of nitrogens with zero attached hydrogens (tertiary/aromatic N) is 1. The normalized spacial score (nSPS) is 12.0. The van der Waals surface area contributed by atoms with Gasteiger partial charge in [0.05, 0.1) is 6.10 Å². The number of ether oxygens (including phenoxy) is 1. The summed E-state index contributed by atoms with van der Waals surface area (Å²) in [6.45, 7) is 5.99. The highest BCUT2D eigenvalue weighted by atomic mass is 16.5. The number of hydrogen-bond acceptors (Lipinski definition) is 3. The molecule has 0 aliphatic rings. The van der Waals surface area contributed by atoms with Crippen molar-refractivity contribution in [2.24, 2.45) is 0 Å². The molecule has 0 fully saturated rings. The van der Waals surface area contributed by atoms with E-state index < -0.39 is 0 Å². The summed E-state index contributed by atoms with van der Waals surface area (Å²) in [6.07, 6.45) is 4.10. The van der Waals surface area contributed by atoms with Gasteiger partial charge in [-0.2, -0.15) is 0 Å². The number of benzene rings is 1. The lowest BCUT2D eigenvalue weighted by Gasteiger charge is -2.13. The fourth-order valence-corrected chi connectivity index (χ4v) is 2.16. The monoisotopic (exact) mass is 298 g/mol. The Morgan fingerprint density at radius 1 is 1.18 bits per heavy atom. The maximum absolute atomic E-state index is 12.1. The van der Waals surface area contributed by atoms with Crippen molar-refractivity contribution in [1.29, 1.82) is 0 Å². The van der Waals surface area contributed by atoms with Gasteiger partial charge < -0.3 is 10.1 Å². The van der Waals surface area contributed by atoms with Crippen LogP contribution >= 0.6 is 0 Å². The van der Waals surface area contributed by atoms with Gasteiger partial charge >= 0.3 is 0 Å². The zero-order valence-electron chi connectivity index (χ0n) is 13.2. The fourth-order valence-electron chi connectivity index (χ4n) is 2.16. The molecule has 0 aliphatic carbocycles. The van der Waals surface area contributed by atoms with Gasteiger partial charge in [0, 0.05) is 24.5 Å². The number of amides is 1. The number of rotatable bonds is 6. The van der Waals surface area contributed by atoms with Gasteiger partial charge in [0.25, 0.3) is 0 Å². The molecule has 0 saturated carbocycles. The van der Waals surface area contributed by atoms with E-state index in [0.717, 1.165) is 17.0 Å². The Bertz CT molecular complexity index is 594. The SMILES string of the molecule is CC(C)Oc1ccc(NC(=O)CC(C)c2cccnc2)cc1. The second-order valence-electron chi connectivity index (χ2n) is 5.63. The zero-order valence-corrected chi connectivity index (χ0v) is 13.2. The third-order valence-corrected chi connectivity index (χ3v) is 3.25. The molecule has 0 saturated heterocycles. The van der Waals surface area contributed by atoms with E-state index in [9.17, 15) is 4.79 Å². The third kappa shape index (κ3) is 4.88. The average Bonchev–Trinajstić information content (AvgIpc) is 2.49. The van der Waals surface area contributed by atoms with E-state index in [1.807, 2.05) is 57.2 Å². The van der Waals surface area contributed by atoms with E-state index in [4.69, 9.17) is 4.74 Å². The van der Waals surface area contributed by atoms with Crippen LogP contribution in [0.2, 0.25) is 0 Å². The second-order valence-corrected chi connectivity index (χ2v) is 5.63. The molecule has 4 nitrogen and oxygen atoms in total. The summed E-state index contributed by atoms with van der Waals surface area (Å²) in [7, 11) is 0. The van der Waals surface area contributed by atoms with Crippen LogP contribution in [-0.2, 0) is 4.79 Å². The number of carbonyl (C=O) groups excluding carboxylic acids is 1. The third-order valence-electron chi connectivity index (χ3n) is 3.25. The molecular weight excluding hydrogens is 276 g/mol. The van der Waals surface area contributed by atoms with Crippen LogP contribution in [0.1, 0.15) is 38.7 Å². The maximum atomic E-state index is 12.1. The van der Waals surface area contributed by atoms with Crippen LogP contribution < -0.4 is 10.1 Å². The van der Waals surface area contributed by atoms with Gasteiger partial charge in [-0.05, 0) is 55.7 Å². The van der Waals surface area contributed by atoms with E-state index >= 15 is 0 Å². The van der Waals surface area contributed by atoms with Gasteiger partial charge in [0.15, 0.2) is 0 Å². The molecule has 1 unspecified atom stereocenters. The molecule has 0 spiro atoms. The van der Waals surface area contributed by atoms with Crippen LogP contribution in [0.25, 0.3) is 0 Å². The molecule has 1 amide bonds. The van der Waals surface area contributed by atoms with E-state index in [0.29, 0.717) is 6.42 Å². The lowest BCUT2D eigenvalue weighted by atomic mass is 9.99. The number of anilines is 1. The smallest absolute Gasteiger partial charge is 0.224 e. The molecule has 22 heavy (non-hydrogen) atoms. The molecule has 1 aromatic carbocycles. The van der Waals surface area contributed by atoms with Gasteiger partial charge in [-0.1, -0.05) is 13.0 Å². The molecule has 0 bridgehead atoms. The minimum absolute atomic E-state index is 0.00567.